The summed E-state index contributed by atoms with van der Waals surface area (Å²) in [7, 11) is 0. The molecule has 148 valence electrons. The van der Waals surface area contributed by atoms with Crippen LogP contribution in [0.2, 0.25) is 0 Å². The summed E-state index contributed by atoms with van der Waals surface area (Å²) in [4.78, 5) is 40.8. The molecule has 0 atom stereocenters. The predicted molar refractivity (Wildman–Crippen MR) is 109 cm³/mol. The molecule has 2 rings (SSSR count). The van der Waals surface area contributed by atoms with E-state index in [2.05, 4.69) is 15.6 Å². The molecule has 0 unspecified atom stereocenters. The third-order valence-corrected chi connectivity index (χ3v) is 4.35. The zero-order valence-corrected chi connectivity index (χ0v) is 16.8. The molecular formula is C20H23N3O4S. The number of hydrogen-bond acceptors (Lipinski definition) is 6. The monoisotopic (exact) mass is 401 g/mol. The summed E-state index contributed by atoms with van der Waals surface area (Å²) in [6.07, 6.45) is 3.38. The van der Waals surface area contributed by atoms with E-state index < -0.39 is 18.5 Å². The van der Waals surface area contributed by atoms with Gasteiger partial charge < -0.3 is 15.4 Å². The maximum absolute atomic E-state index is 12.3. The summed E-state index contributed by atoms with van der Waals surface area (Å²) in [6.45, 7) is 4.05. The van der Waals surface area contributed by atoms with E-state index in [-0.39, 0.29) is 5.91 Å². The molecule has 1 aromatic carbocycles. The van der Waals surface area contributed by atoms with E-state index in [1.807, 2.05) is 13.8 Å². The van der Waals surface area contributed by atoms with Crippen LogP contribution in [0.15, 0.2) is 47.6 Å². The van der Waals surface area contributed by atoms with Crippen molar-refractivity contribution in [3.63, 3.8) is 0 Å². The van der Waals surface area contributed by atoms with E-state index in [1.165, 1.54) is 11.8 Å². The van der Waals surface area contributed by atoms with Gasteiger partial charge in [0.1, 0.15) is 5.03 Å². The zero-order valence-electron chi connectivity index (χ0n) is 16.0. The van der Waals surface area contributed by atoms with Crippen LogP contribution in [-0.4, -0.2) is 42.2 Å². The number of rotatable bonds is 8. The number of thioether (sulfide) groups is 1. The van der Waals surface area contributed by atoms with Crippen molar-refractivity contribution < 1.29 is 19.1 Å². The third-order valence-electron chi connectivity index (χ3n) is 3.64. The Labute approximate surface area is 168 Å². The van der Waals surface area contributed by atoms with Gasteiger partial charge in [0.05, 0.1) is 16.8 Å². The average Bonchev–Trinajstić information content (AvgIpc) is 2.70. The van der Waals surface area contributed by atoms with Crippen molar-refractivity contribution in [1.82, 2.24) is 10.3 Å². The number of ether oxygens (including phenoxy) is 1. The molecule has 0 saturated heterocycles. The van der Waals surface area contributed by atoms with E-state index in [0.717, 1.165) is 0 Å². The lowest BCUT2D eigenvalue weighted by Crippen LogP contribution is -2.29. The number of nitrogens with zero attached hydrogens (tertiary/aromatic N) is 1. The molecule has 0 bridgehead atoms. The highest BCUT2D eigenvalue weighted by Crippen LogP contribution is 2.18. The fraction of sp³-hybridized carbons (Fsp3) is 0.300. The predicted octanol–water partition coefficient (Wildman–Crippen LogP) is 2.98. The smallest absolute Gasteiger partial charge is 0.341 e. The van der Waals surface area contributed by atoms with Crippen molar-refractivity contribution in [1.29, 1.82) is 0 Å². The van der Waals surface area contributed by atoms with Crippen LogP contribution in [0.5, 0.6) is 0 Å². The van der Waals surface area contributed by atoms with Crippen LogP contribution < -0.4 is 10.6 Å². The largest absolute Gasteiger partial charge is 0.452 e. The van der Waals surface area contributed by atoms with Gasteiger partial charge in [-0.1, -0.05) is 26.0 Å². The molecule has 2 amide bonds. The van der Waals surface area contributed by atoms with Gasteiger partial charge in [-0.2, -0.15) is 0 Å². The number of aromatic nitrogens is 1. The normalized spacial score (nSPS) is 10.4. The zero-order chi connectivity index (χ0) is 20.5. The lowest BCUT2D eigenvalue weighted by atomic mass is 10.1. The number of esters is 1. The fourth-order valence-electron chi connectivity index (χ4n) is 2.29. The number of benzene rings is 1. The molecule has 0 spiro atoms. The molecular weight excluding hydrogens is 378 g/mol. The van der Waals surface area contributed by atoms with Gasteiger partial charge >= 0.3 is 5.97 Å². The van der Waals surface area contributed by atoms with E-state index in [1.54, 1.807) is 48.9 Å². The number of carbonyl (C=O) groups excluding carboxylic acids is 3. The Morgan fingerprint density at radius 1 is 1.11 bits per heavy atom. The first-order valence-electron chi connectivity index (χ1n) is 8.75. The molecule has 7 nitrogen and oxygen atoms in total. The van der Waals surface area contributed by atoms with E-state index in [4.69, 9.17) is 4.74 Å². The summed E-state index contributed by atoms with van der Waals surface area (Å²) < 4.78 is 5.08. The summed E-state index contributed by atoms with van der Waals surface area (Å²) in [5, 5.41) is 5.96. The summed E-state index contributed by atoms with van der Waals surface area (Å²) in [5.74, 6) is -1.13. The minimum Gasteiger partial charge on any atom is -0.452 e. The van der Waals surface area contributed by atoms with E-state index in [0.29, 0.717) is 34.3 Å². The molecule has 1 aromatic heterocycles. The second-order valence-corrected chi connectivity index (χ2v) is 7.13. The van der Waals surface area contributed by atoms with Gasteiger partial charge in [-0.05, 0) is 36.4 Å². The molecule has 0 fully saturated rings. The van der Waals surface area contributed by atoms with Crippen molar-refractivity contribution >= 4 is 35.2 Å². The second kappa shape index (κ2) is 10.5. The number of nitrogens with one attached hydrogen (secondary N) is 2. The van der Waals surface area contributed by atoms with Crippen LogP contribution in [0.4, 0.5) is 5.69 Å². The van der Waals surface area contributed by atoms with Gasteiger partial charge in [0.25, 0.3) is 11.8 Å². The number of anilines is 1. The maximum atomic E-state index is 12.3. The topological polar surface area (TPSA) is 97.4 Å². The molecule has 0 aliphatic carbocycles. The Bertz CT molecular complexity index is 855. The molecule has 8 heteroatoms. The Kier molecular flexibility index (Phi) is 8.01. The van der Waals surface area contributed by atoms with Crippen molar-refractivity contribution in [3.8, 4) is 0 Å². The quantitative estimate of drug-likeness (QED) is 0.521. The molecule has 28 heavy (non-hydrogen) atoms. The van der Waals surface area contributed by atoms with Gasteiger partial charge in [0.15, 0.2) is 6.61 Å². The van der Waals surface area contributed by atoms with Gasteiger partial charge in [0.2, 0.25) is 0 Å². The number of hydrogen-bond donors (Lipinski definition) is 2. The van der Waals surface area contributed by atoms with Crippen LogP contribution in [-0.2, 0) is 9.53 Å². The summed E-state index contributed by atoms with van der Waals surface area (Å²) in [6, 6.07) is 9.89. The van der Waals surface area contributed by atoms with Crippen LogP contribution >= 0.6 is 11.8 Å². The summed E-state index contributed by atoms with van der Waals surface area (Å²) >= 11 is 1.32. The molecule has 0 saturated carbocycles. The Hall–Kier alpha value is -2.87. The van der Waals surface area contributed by atoms with Gasteiger partial charge in [-0.25, -0.2) is 9.78 Å². The Balaban J connectivity index is 1.98. The number of pyridine rings is 1. The molecule has 1 heterocycles. The SMILES string of the molecule is CSc1ncccc1C(=O)OCC(=O)Nc1ccccc1C(=O)NCC(C)C. The van der Waals surface area contributed by atoms with Crippen LogP contribution in [0, 0.1) is 5.92 Å². The molecule has 0 aliphatic rings. The highest BCUT2D eigenvalue weighted by atomic mass is 32.2. The fourth-order valence-corrected chi connectivity index (χ4v) is 2.82. The Morgan fingerprint density at radius 2 is 1.82 bits per heavy atom. The van der Waals surface area contributed by atoms with Crippen molar-refractivity contribution in [2.24, 2.45) is 5.92 Å². The minimum absolute atomic E-state index is 0.276. The van der Waals surface area contributed by atoms with Crippen LogP contribution in [0.25, 0.3) is 0 Å². The first kappa shape index (κ1) is 21.4. The van der Waals surface area contributed by atoms with Crippen molar-refractivity contribution in [3.05, 3.63) is 53.7 Å². The van der Waals surface area contributed by atoms with E-state index in [9.17, 15) is 14.4 Å². The number of carbonyl (C=O) groups is 3. The first-order chi connectivity index (χ1) is 13.4. The third kappa shape index (κ3) is 6.09. The first-order valence-corrected chi connectivity index (χ1v) is 9.98. The van der Waals surface area contributed by atoms with E-state index >= 15 is 0 Å². The summed E-state index contributed by atoms with van der Waals surface area (Å²) in [5.41, 5.74) is 1.01. The second-order valence-electron chi connectivity index (χ2n) is 6.33. The molecule has 0 aliphatic heterocycles. The lowest BCUT2D eigenvalue weighted by molar-refractivity contribution is -0.119. The van der Waals surface area contributed by atoms with Gasteiger partial charge in [-0.15, -0.1) is 11.8 Å². The number of amides is 2. The standard InChI is InChI=1S/C20H23N3O4S/c1-13(2)11-22-18(25)14-7-4-5-9-16(14)23-17(24)12-27-20(26)15-8-6-10-21-19(15)28-3/h4-10,13H,11-12H2,1-3H3,(H,22,25)(H,23,24). The molecule has 0 radical (unpaired) electrons. The number of para-hydroxylation sites is 1. The molecule has 2 aromatic rings. The maximum Gasteiger partial charge on any atom is 0.341 e. The average molecular weight is 401 g/mol. The molecule has 2 N–H and O–H groups in total. The van der Waals surface area contributed by atoms with Gasteiger partial charge in [0, 0.05) is 12.7 Å². The minimum atomic E-state index is -0.629. The van der Waals surface area contributed by atoms with Crippen molar-refractivity contribution in [2.75, 3.05) is 24.7 Å². The highest BCUT2D eigenvalue weighted by Gasteiger charge is 2.17. The Morgan fingerprint density at radius 3 is 2.54 bits per heavy atom. The lowest BCUT2D eigenvalue weighted by Gasteiger charge is -2.13. The highest BCUT2D eigenvalue weighted by molar-refractivity contribution is 7.98. The van der Waals surface area contributed by atoms with Crippen LogP contribution in [0.3, 0.4) is 0 Å². The van der Waals surface area contributed by atoms with Gasteiger partial charge in [-0.3, -0.25) is 9.59 Å². The van der Waals surface area contributed by atoms with Crippen LogP contribution in [0.1, 0.15) is 34.6 Å². The van der Waals surface area contributed by atoms with Crippen molar-refractivity contribution in [2.45, 2.75) is 18.9 Å².